The Labute approximate surface area is 114 Å². The molecule has 7 heteroatoms. The molecule has 1 atom stereocenters. The van der Waals surface area contributed by atoms with Crippen LogP contribution in [-0.4, -0.2) is 36.0 Å². The van der Waals surface area contributed by atoms with Crippen molar-refractivity contribution in [2.24, 2.45) is 0 Å². The maximum atomic E-state index is 11.5. The Hall–Kier alpha value is -1.47. The zero-order valence-corrected chi connectivity index (χ0v) is 11.7. The van der Waals surface area contributed by atoms with Crippen LogP contribution in [0, 0.1) is 0 Å². The van der Waals surface area contributed by atoms with Crippen LogP contribution in [0.5, 0.6) is 0 Å². The molecule has 1 saturated heterocycles. The van der Waals surface area contributed by atoms with E-state index in [-0.39, 0.29) is 17.5 Å². The molecule has 1 unspecified atom stereocenters. The third-order valence-electron chi connectivity index (χ3n) is 3.22. The Balaban J connectivity index is 1.99. The average Bonchev–Trinajstić information content (AvgIpc) is 3.05. The van der Waals surface area contributed by atoms with Crippen molar-refractivity contribution in [3.05, 3.63) is 29.3 Å². The van der Waals surface area contributed by atoms with Crippen LogP contribution in [0.1, 0.15) is 22.8 Å². The molecule has 0 aromatic carbocycles. The Kier molecular flexibility index (Phi) is 3.02. The number of aldehydes is 1. The lowest BCUT2D eigenvalue weighted by Crippen LogP contribution is -2.11. The van der Waals surface area contributed by atoms with E-state index in [4.69, 9.17) is 0 Å². The fourth-order valence-corrected chi connectivity index (χ4v) is 4.70. The summed E-state index contributed by atoms with van der Waals surface area (Å²) in [5.74, 6) is 0.305. The molecule has 0 amide bonds. The molecular formula is C12H12N2O3S2. The summed E-state index contributed by atoms with van der Waals surface area (Å²) >= 11 is 1.51. The lowest BCUT2D eigenvalue weighted by atomic mass is 10.2. The maximum Gasteiger partial charge on any atom is 0.153 e. The number of sulfone groups is 1. The zero-order valence-electron chi connectivity index (χ0n) is 10.0. The van der Waals surface area contributed by atoms with Crippen LogP contribution in [-0.2, 0) is 9.84 Å². The van der Waals surface area contributed by atoms with E-state index in [1.807, 2.05) is 17.5 Å². The first-order chi connectivity index (χ1) is 9.09. The first-order valence-electron chi connectivity index (χ1n) is 5.88. The summed E-state index contributed by atoms with van der Waals surface area (Å²) < 4.78 is 24.6. The molecule has 0 radical (unpaired) electrons. The predicted molar refractivity (Wildman–Crippen MR) is 73.2 cm³/mol. The first kappa shape index (κ1) is 12.6. The van der Waals surface area contributed by atoms with Crippen molar-refractivity contribution in [1.82, 2.24) is 9.78 Å². The molecule has 2 aromatic heterocycles. The Bertz CT molecular complexity index is 701. The molecule has 3 heterocycles. The lowest BCUT2D eigenvalue weighted by molar-refractivity contribution is 0.112. The molecule has 1 aliphatic rings. The van der Waals surface area contributed by atoms with Gasteiger partial charge < -0.3 is 0 Å². The average molecular weight is 296 g/mol. The summed E-state index contributed by atoms with van der Waals surface area (Å²) in [7, 11) is -2.95. The van der Waals surface area contributed by atoms with Gasteiger partial charge in [0.2, 0.25) is 0 Å². The van der Waals surface area contributed by atoms with Crippen LogP contribution in [0.3, 0.4) is 0 Å². The summed E-state index contributed by atoms with van der Waals surface area (Å²) in [5.41, 5.74) is 1.14. The monoisotopic (exact) mass is 296 g/mol. The van der Waals surface area contributed by atoms with Gasteiger partial charge in [0.25, 0.3) is 0 Å². The van der Waals surface area contributed by atoms with Gasteiger partial charge in [0.1, 0.15) is 5.69 Å². The smallest absolute Gasteiger partial charge is 0.153 e. The van der Waals surface area contributed by atoms with E-state index in [9.17, 15) is 13.2 Å². The number of rotatable bonds is 3. The van der Waals surface area contributed by atoms with Crippen molar-refractivity contribution in [3.63, 3.8) is 0 Å². The second kappa shape index (κ2) is 4.57. The first-order valence-corrected chi connectivity index (χ1v) is 8.58. The van der Waals surface area contributed by atoms with Gasteiger partial charge in [0, 0.05) is 6.20 Å². The van der Waals surface area contributed by atoms with Crippen molar-refractivity contribution in [1.29, 1.82) is 0 Å². The maximum absolute atomic E-state index is 11.5. The molecular weight excluding hydrogens is 284 g/mol. The second-order valence-electron chi connectivity index (χ2n) is 4.57. The van der Waals surface area contributed by atoms with Gasteiger partial charge in [-0.1, -0.05) is 6.07 Å². The van der Waals surface area contributed by atoms with Crippen LogP contribution < -0.4 is 0 Å². The minimum Gasteiger partial charge on any atom is -0.298 e. The van der Waals surface area contributed by atoms with E-state index in [0.29, 0.717) is 17.7 Å². The number of hydrogen-bond donors (Lipinski definition) is 0. The van der Waals surface area contributed by atoms with Crippen LogP contribution >= 0.6 is 11.3 Å². The highest BCUT2D eigenvalue weighted by molar-refractivity contribution is 7.91. The molecule has 0 N–H and O–H groups in total. The third kappa shape index (κ3) is 2.35. The molecule has 5 nitrogen and oxygen atoms in total. The largest absolute Gasteiger partial charge is 0.298 e. The minimum absolute atomic E-state index is 0.108. The summed E-state index contributed by atoms with van der Waals surface area (Å²) in [4.78, 5) is 12.0. The van der Waals surface area contributed by atoms with Crippen molar-refractivity contribution >= 4 is 27.5 Å². The van der Waals surface area contributed by atoms with E-state index >= 15 is 0 Å². The van der Waals surface area contributed by atoms with Crippen molar-refractivity contribution in [2.75, 3.05) is 11.5 Å². The Morgan fingerprint density at radius 3 is 2.89 bits per heavy atom. The van der Waals surface area contributed by atoms with E-state index in [2.05, 4.69) is 5.10 Å². The van der Waals surface area contributed by atoms with Gasteiger partial charge in [-0.15, -0.1) is 11.3 Å². The van der Waals surface area contributed by atoms with Gasteiger partial charge in [0.05, 0.1) is 28.0 Å². The highest BCUT2D eigenvalue weighted by Crippen LogP contribution is 2.29. The highest BCUT2D eigenvalue weighted by atomic mass is 32.2. The number of hydrogen-bond acceptors (Lipinski definition) is 5. The molecule has 0 bridgehead atoms. The number of thiophene rings is 1. The Morgan fingerprint density at radius 2 is 2.32 bits per heavy atom. The normalized spacial score (nSPS) is 21.6. The van der Waals surface area contributed by atoms with Crippen LogP contribution in [0.15, 0.2) is 23.7 Å². The molecule has 100 valence electrons. The van der Waals surface area contributed by atoms with Gasteiger partial charge in [-0.2, -0.15) is 5.10 Å². The van der Waals surface area contributed by atoms with Crippen LogP contribution in [0.4, 0.5) is 0 Å². The summed E-state index contributed by atoms with van der Waals surface area (Å²) in [6.07, 6.45) is 2.97. The number of carbonyl (C=O) groups is 1. The van der Waals surface area contributed by atoms with E-state index in [0.717, 1.165) is 11.2 Å². The van der Waals surface area contributed by atoms with Crippen LogP contribution in [0.25, 0.3) is 10.6 Å². The molecule has 1 fully saturated rings. The minimum atomic E-state index is -2.95. The van der Waals surface area contributed by atoms with E-state index in [1.54, 1.807) is 10.9 Å². The van der Waals surface area contributed by atoms with Crippen molar-refractivity contribution < 1.29 is 13.2 Å². The fourth-order valence-electron chi connectivity index (χ4n) is 2.27. The lowest BCUT2D eigenvalue weighted by Gasteiger charge is -2.07. The second-order valence-corrected chi connectivity index (χ2v) is 7.74. The molecule has 2 aromatic rings. The summed E-state index contributed by atoms with van der Waals surface area (Å²) in [5, 5.41) is 6.32. The molecule has 19 heavy (non-hydrogen) atoms. The number of nitrogens with zero attached hydrogens (tertiary/aromatic N) is 2. The Morgan fingerprint density at radius 1 is 1.47 bits per heavy atom. The molecule has 3 rings (SSSR count). The van der Waals surface area contributed by atoms with Gasteiger partial charge in [-0.3, -0.25) is 9.48 Å². The fraction of sp³-hybridized carbons (Fsp3) is 0.333. The molecule has 0 saturated carbocycles. The molecule has 1 aliphatic heterocycles. The third-order valence-corrected chi connectivity index (χ3v) is 5.85. The highest BCUT2D eigenvalue weighted by Gasteiger charge is 2.30. The van der Waals surface area contributed by atoms with E-state index < -0.39 is 9.84 Å². The summed E-state index contributed by atoms with van der Waals surface area (Å²) in [6.45, 7) is 0. The van der Waals surface area contributed by atoms with Gasteiger partial charge in [-0.25, -0.2) is 8.42 Å². The SMILES string of the molecule is O=Cc1cn(C2CCS(=O)(=O)C2)nc1-c1cccs1. The quantitative estimate of drug-likeness (QED) is 0.810. The number of carbonyl (C=O) groups excluding carboxylic acids is 1. The zero-order chi connectivity index (χ0) is 13.5. The topological polar surface area (TPSA) is 69.0 Å². The standard InChI is InChI=1S/C12H12N2O3S2/c15-7-9-6-14(10-3-5-19(16,17)8-10)13-12(9)11-2-1-4-18-11/h1-2,4,6-7,10H,3,5,8H2. The van der Waals surface area contributed by atoms with Gasteiger partial charge >= 0.3 is 0 Å². The molecule has 0 spiro atoms. The molecule has 0 aliphatic carbocycles. The van der Waals surface area contributed by atoms with Gasteiger partial charge in [0.15, 0.2) is 16.1 Å². The summed E-state index contributed by atoms with van der Waals surface area (Å²) in [6, 6.07) is 3.64. The van der Waals surface area contributed by atoms with Crippen molar-refractivity contribution in [3.8, 4) is 10.6 Å². The van der Waals surface area contributed by atoms with Gasteiger partial charge in [-0.05, 0) is 17.9 Å². The predicted octanol–water partition coefficient (Wildman–Crippen LogP) is 1.78. The van der Waals surface area contributed by atoms with Crippen molar-refractivity contribution in [2.45, 2.75) is 12.5 Å². The number of aromatic nitrogens is 2. The van der Waals surface area contributed by atoms with E-state index in [1.165, 1.54) is 11.3 Å². The van der Waals surface area contributed by atoms with Crippen LogP contribution in [0.2, 0.25) is 0 Å².